The van der Waals surface area contributed by atoms with Gasteiger partial charge in [-0.1, -0.05) is 15.9 Å². The van der Waals surface area contributed by atoms with Gasteiger partial charge in [0.25, 0.3) is 0 Å². The van der Waals surface area contributed by atoms with E-state index in [1.54, 1.807) is 0 Å². The second-order valence-corrected chi connectivity index (χ2v) is 6.89. The molecule has 18 heavy (non-hydrogen) atoms. The number of rotatable bonds is 2. The van der Waals surface area contributed by atoms with Crippen LogP contribution in [-0.4, -0.2) is 0 Å². The summed E-state index contributed by atoms with van der Waals surface area (Å²) in [6, 6.07) is 3.50. The van der Waals surface area contributed by atoms with E-state index in [2.05, 4.69) is 31.9 Å². The van der Waals surface area contributed by atoms with Gasteiger partial charge in [-0.25, -0.2) is 8.78 Å². The van der Waals surface area contributed by atoms with Crippen molar-refractivity contribution in [1.82, 2.24) is 0 Å². The summed E-state index contributed by atoms with van der Waals surface area (Å²) in [6.45, 7) is 1.92. The lowest BCUT2D eigenvalue weighted by Gasteiger charge is -2.13. The first-order valence-corrected chi connectivity index (χ1v) is 7.46. The number of nitrogens with two attached hydrogens (primary N) is 1. The molecule has 2 N–H and O–H groups in total. The van der Waals surface area contributed by atoms with Gasteiger partial charge in [-0.05, 0) is 41.1 Å². The van der Waals surface area contributed by atoms with Crippen LogP contribution in [0.2, 0.25) is 0 Å². The van der Waals surface area contributed by atoms with Crippen LogP contribution in [0.3, 0.4) is 0 Å². The molecule has 0 bridgehead atoms. The molecule has 2 rings (SSSR count). The normalized spacial score (nSPS) is 12.8. The van der Waals surface area contributed by atoms with Gasteiger partial charge in [0.05, 0.1) is 6.04 Å². The fraction of sp³-hybridized carbons (Fsp3) is 0.167. The van der Waals surface area contributed by atoms with Crippen molar-refractivity contribution in [2.24, 2.45) is 5.73 Å². The van der Waals surface area contributed by atoms with Crippen LogP contribution in [0.15, 0.2) is 27.1 Å². The Labute approximate surface area is 124 Å². The number of hydrogen-bond acceptors (Lipinski definition) is 2. The topological polar surface area (TPSA) is 26.0 Å². The number of halogens is 4. The van der Waals surface area contributed by atoms with E-state index in [1.807, 2.05) is 13.0 Å². The van der Waals surface area contributed by atoms with Crippen molar-refractivity contribution in [2.75, 3.05) is 0 Å². The molecule has 1 atom stereocenters. The van der Waals surface area contributed by atoms with Crippen LogP contribution in [0.5, 0.6) is 0 Å². The Morgan fingerprint density at radius 2 is 1.72 bits per heavy atom. The van der Waals surface area contributed by atoms with Crippen LogP contribution in [0.1, 0.15) is 21.4 Å². The Bertz CT molecular complexity index is 575. The third-order valence-electron chi connectivity index (χ3n) is 2.47. The van der Waals surface area contributed by atoms with Crippen LogP contribution in [0, 0.1) is 18.6 Å². The first kappa shape index (κ1) is 14.1. The Morgan fingerprint density at radius 1 is 1.17 bits per heavy atom. The summed E-state index contributed by atoms with van der Waals surface area (Å²) in [5.41, 5.74) is 5.86. The third kappa shape index (κ3) is 2.66. The zero-order valence-corrected chi connectivity index (χ0v) is 13.3. The van der Waals surface area contributed by atoms with Gasteiger partial charge in [-0.2, -0.15) is 0 Å². The Hall–Kier alpha value is -0.300. The first-order chi connectivity index (χ1) is 8.40. The minimum Gasteiger partial charge on any atom is -0.319 e. The highest BCUT2D eigenvalue weighted by molar-refractivity contribution is 9.10. The van der Waals surface area contributed by atoms with E-state index in [4.69, 9.17) is 5.73 Å². The lowest BCUT2D eigenvalue weighted by molar-refractivity contribution is 0.543. The average Bonchev–Trinajstić information content (AvgIpc) is 2.56. The van der Waals surface area contributed by atoms with E-state index in [0.717, 1.165) is 9.35 Å². The fourth-order valence-electron chi connectivity index (χ4n) is 1.69. The van der Waals surface area contributed by atoms with Gasteiger partial charge in [0.15, 0.2) is 0 Å². The predicted octanol–water partition coefficient (Wildman–Crippen LogP) is 4.91. The van der Waals surface area contributed by atoms with Crippen molar-refractivity contribution < 1.29 is 8.78 Å². The molecule has 96 valence electrons. The highest BCUT2D eigenvalue weighted by atomic mass is 79.9. The van der Waals surface area contributed by atoms with Gasteiger partial charge in [-0.15, -0.1) is 11.3 Å². The molecule has 6 heteroatoms. The van der Waals surface area contributed by atoms with Crippen molar-refractivity contribution in [3.63, 3.8) is 0 Å². The predicted molar refractivity (Wildman–Crippen MR) is 76.8 cm³/mol. The molecule has 0 radical (unpaired) electrons. The Kier molecular flexibility index (Phi) is 4.21. The summed E-state index contributed by atoms with van der Waals surface area (Å²) >= 11 is 7.82. The molecule has 0 aliphatic carbocycles. The van der Waals surface area contributed by atoms with Gasteiger partial charge in [0, 0.05) is 24.3 Å². The highest BCUT2D eigenvalue weighted by Gasteiger charge is 2.22. The van der Waals surface area contributed by atoms with Gasteiger partial charge < -0.3 is 5.73 Å². The lowest BCUT2D eigenvalue weighted by Crippen LogP contribution is -2.15. The summed E-state index contributed by atoms with van der Waals surface area (Å²) in [5, 5.41) is 0. The Balaban J connectivity index is 2.52. The Morgan fingerprint density at radius 3 is 2.17 bits per heavy atom. The van der Waals surface area contributed by atoms with E-state index in [0.29, 0.717) is 9.35 Å². The zero-order chi connectivity index (χ0) is 13.4. The van der Waals surface area contributed by atoms with Crippen molar-refractivity contribution in [1.29, 1.82) is 0 Å². The maximum Gasteiger partial charge on any atom is 0.132 e. The SMILES string of the molecule is Cc1cc(Br)c(C(N)c2c(F)cc(Br)cc2F)s1. The maximum absolute atomic E-state index is 13.8. The molecular weight excluding hydrogens is 388 g/mol. The molecule has 0 amide bonds. The summed E-state index contributed by atoms with van der Waals surface area (Å²) in [4.78, 5) is 1.75. The van der Waals surface area contributed by atoms with Crippen molar-refractivity contribution in [3.8, 4) is 0 Å². The molecule has 0 aliphatic heterocycles. The second kappa shape index (κ2) is 5.36. The highest BCUT2D eigenvalue weighted by Crippen LogP contribution is 2.36. The van der Waals surface area contributed by atoms with Gasteiger partial charge in [0.1, 0.15) is 11.6 Å². The van der Waals surface area contributed by atoms with Gasteiger partial charge in [-0.3, -0.25) is 0 Å². The smallest absolute Gasteiger partial charge is 0.132 e. The third-order valence-corrected chi connectivity index (χ3v) is 4.98. The summed E-state index contributed by atoms with van der Waals surface area (Å²) in [7, 11) is 0. The van der Waals surface area contributed by atoms with E-state index in [-0.39, 0.29) is 5.56 Å². The quantitative estimate of drug-likeness (QED) is 0.766. The average molecular weight is 397 g/mol. The first-order valence-electron chi connectivity index (χ1n) is 5.06. The van der Waals surface area contributed by atoms with Gasteiger partial charge in [0.2, 0.25) is 0 Å². The zero-order valence-electron chi connectivity index (χ0n) is 9.31. The molecule has 1 aromatic carbocycles. The molecule has 1 unspecified atom stereocenters. The largest absolute Gasteiger partial charge is 0.319 e. The van der Waals surface area contributed by atoms with Crippen molar-refractivity contribution in [2.45, 2.75) is 13.0 Å². The minimum absolute atomic E-state index is 0.110. The van der Waals surface area contributed by atoms with E-state index in [9.17, 15) is 8.78 Å². The molecule has 0 fully saturated rings. The molecular formula is C12H9Br2F2NS. The molecule has 1 heterocycles. The van der Waals surface area contributed by atoms with E-state index < -0.39 is 17.7 Å². The molecule has 0 saturated heterocycles. The molecule has 0 aliphatic rings. The molecule has 0 saturated carbocycles. The maximum atomic E-state index is 13.8. The van der Waals surface area contributed by atoms with Crippen LogP contribution < -0.4 is 5.73 Å². The molecule has 1 aromatic heterocycles. The summed E-state index contributed by atoms with van der Waals surface area (Å²) < 4.78 is 28.8. The van der Waals surface area contributed by atoms with Crippen LogP contribution in [-0.2, 0) is 0 Å². The van der Waals surface area contributed by atoms with E-state index in [1.165, 1.54) is 23.5 Å². The molecule has 0 spiro atoms. The number of hydrogen-bond donors (Lipinski definition) is 1. The van der Waals surface area contributed by atoms with Crippen LogP contribution in [0.4, 0.5) is 8.78 Å². The number of aryl methyl sites for hydroxylation is 1. The monoisotopic (exact) mass is 395 g/mol. The minimum atomic E-state index is -0.814. The van der Waals surface area contributed by atoms with Crippen molar-refractivity contribution >= 4 is 43.2 Å². The molecule has 1 nitrogen and oxygen atoms in total. The van der Waals surface area contributed by atoms with Crippen LogP contribution in [0.25, 0.3) is 0 Å². The number of thiophene rings is 1. The standard InChI is InChI=1S/C12H9Br2F2NS/c1-5-2-7(14)12(18-5)11(17)10-8(15)3-6(13)4-9(10)16/h2-4,11H,17H2,1H3. The fourth-order valence-corrected chi connectivity index (χ4v) is 4.01. The molecule has 2 aromatic rings. The lowest BCUT2D eigenvalue weighted by atomic mass is 10.0. The summed E-state index contributed by atoms with van der Waals surface area (Å²) in [6.07, 6.45) is 0. The van der Waals surface area contributed by atoms with Crippen molar-refractivity contribution in [3.05, 3.63) is 54.1 Å². The van der Waals surface area contributed by atoms with E-state index >= 15 is 0 Å². The summed E-state index contributed by atoms with van der Waals surface area (Å²) in [5.74, 6) is -1.29. The van der Waals surface area contributed by atoms with Gasteiger partial charge >= 0.3 is 0 Å². The number of benzene rings is 1. The van der Waals surface area contributed by atoms with Crippen LogP contribution >= 0.6 is 43.2 Å². The second-order valence-electron chi connectivity index (χ2n) is 3.83.